The summed E-state index contributed by atoms with van der Waals surface area (Å²) in [6.07, 6.45) is 4.03. The fraction of sp³-hybridized carbons (Fsp3) is 0.769. The van der Waals surface area contributed by atoms with Crippen LogP contribution in [0.5, 0.6) is 0 Å². The number of anilines is 2. The monoisotopic (exact) mass is 332 g/mol. The van der Waals surface area contributed by atoms with Crippen LogP contribution in [-0.2, 0) is 9.84 Å². The molecule has 3 N–H and O–H groups in total. The van der Waals surface area contributed by atoms with Crippen LogP contribution in [0.25, 0.3) is 0 Å². The van der Waals surface area contributed by atoms with E-state index in [9.17, 15) is 8.42 Å². The van der Waals surface area contributed by atoms with Crippen molar-refractivity contribution in [1.29, 1.82) is 0 Å². The fourth-order valence-corrected chi connectivity index (χ4v) is 5.31. The Morgan fingerprint density at radius 2 is 2.10 bits per heavy atom. The Morgan fingerprint density at radius 3 is 2.57 bits per heavy atom. The van der Waals surface area contributed by atoms with Crippen LogP contribution in [-0.4, -0.2) is 49.6 Å². The highest BCUT2D eigenvalue weighted by molar-refractivity contribution is 7.91. The molecule has 120 valence electrons. The Labute approximate surface area is 130 Å². The zero-order chi connectivity index (χ0) is 15.7. The Bertz CT molecular complexity index is 591. The molecule has 2 rings (SSSR count). The van der Waals surface area contributed by atoms with Crippen molar-refractivity contribution in [3.8, 4) is 0 Å². The first-order chi connectivity index (χ1) is 9.82. The maximum absolute atomic E-state index is 12.3. The summed E-state index contributed by atoms with van der Waals surface area (Å²) in [6, 6.07) is 0. The van der Waals surface area contributed by atoms with Gasteiger partial charge in [0, 0.05) is 12.1 Å². The number of aromatic nitrogens is 1. The first-order valence-electron chi connectivity index (χ1n) is 7.21. The third kappa shape index (κ3) is 3.17. The van der Waals surface area contributed by atoms with Crippen molar-refractivity contribution in [2.45, 2.75) is 43.0 Å². The number of sulfone groups is 1. The van der Waals surface area contributed by atoms with Crippen molar-refractivity contribution in [3.05, 3.63) is 0 Å². The minimum absolute atomic E-state index is 0.100. The molecule has 1 aromatic heterocycles. The third-order valence-corrected chi connectivity index (χ3v) is 7.20. The van der Waals surface area contributed by atoms with Crippen LogP contribution in [0.4, 0.5) is 10.8 Å². The maximum Gasteiger partial charge on any atom is 0.185 e. The lowest BCUT2D eigenvalue weighted by Crippen LogP contribution is -2.54. The van der Waals surface area contributed by atoms with Crippen molar-refractivity contribution in [1.82, 2.24) is 9.27 Å². The van der Waals surface area contributed by atoms with Gasteiger partial charge in [-0.2, -0.15) is 4.37 Å². The van der Waals surface area contributed by atoms with Gasteiger partial charge in [0.2, 0.25) is 0 Å². The number of nitrogens with one attached hydrogen (secondary N) is 1. The molecule has 1 aliphatic carbocycles. The molecule has 1 fully saturated rings. The summed E-state index contributed by atoms with van der Waals surface area (Å²) in [5.74, 6) is 0.215. The van der Waals surface area contributed by atoms with E-state index in [0.29, 0.717) is 11.4 Å². The molecule has 1 aromatic rings. The summed E-state index contributed by atoms with van der Waals surface area (Å²) in [4.78, 5) is 2.40. The Balaban J connectivity index is 2.19. The molecule has 0 spiro atoms. The second-order valence-electron chi connectivity index (χ2n) is 5.87. The van der Waals surface area contributed by atoms with Crippen LogP contribution >= 0.6 is 11.5 Å². The van der Waals surface area contributed by atoms with Crippen molar-refractivity contribution in [3.63, 3.8) is 0 Å². The highest BCUT2D eigenvalue weighted by Gasteiger charge is 2.39. The molecular formula is C13H24N4O2S2. The van der Waals surface area contributed by atoms with Crippen molar-refractivity contribution < 1.29 is 8.42 Å². The number of hydrogen-bond acceptors (Lipinski definition) is 7. The average Bonchev–Trinajstić information content (AvgIpc) is 2.69. The lowest BCUT2D eigenvalue weighted by molar-refractivity contribution is 0.0739. The van der Waals surface area contributed by atoms with Crippen LogP contribution in [0.3, 0.4) is 0 Å². The topological polar surface area (TPSA) is 88.3 Å². The standard InChI is InChI=1S/C13H24N4O2S2/c1-4-8-21(18,19)10-11(14)16-20-12(10)15-9-13(17(2)3)6-5-7-13/h15H,4-9H2,1-3H3,(H2,14,16). The van der Waals surface area contributed by atoms with Gasteiger partial charge in [-0.05, 0) is 51.3 Å². The van der Waals surface area contributed by atoms with E-state index < -0.39 is 9.84 Å². The SMILES string of the molecule is CCCS(=O)(=O)c1c(N)nsc1NCC1(N(C)C)CCC1. The second kappa shape index (κ2) is 6.10. The number of nitrogen functional groups attached to an aromatic ring is 1. The quantitative estimate of drug-likeness (QED) is 0.791. The summed E-state index contributed by atoms with van der Waals surface area (Å²) < 4.78 is 28.6. The minimum Gasteiger partial charge on any atom is -0.382 e. The van der Waals surface area contributed by atoms with E-state index in [1.807, 2.05) is 6.92 Å². The summed E-state index contributed by atoms with van der Waals surface area (Å²) in [6.45, 7) is 2.56. The zero-order valence-corrected chi connectivity index (χ0v) is 14.5. The highest BCUT2D eigenvalue weighted by atomic mass is 32.2. The van der Waals surface area contributed by atoms with Crippen LogP contribution in [0.15, 0.2) is 4.90 Å². The van der Waals surface area contributed by atoms with Gasteiger partial charge >= 0.3 is 0 Å². The molecule has 1 saturated carbocycles. The van der Waals surface area contributed by atoms with Gasteiger partial charge in [0.25, 0.3) is 0 Å². The zero-order valence-electron chi connectivity index (χ0n) is 12.8. The van der Waals surface area contributed by atoms with Gasteiger partial charge in [0.1, 0.15) is 9.90 Å². The van der Waals surface area contributed by atoms with Gasteiger partial charge in [-0.1, -0.05) is 6.92 Å². The smallest absolute Gasteiger partial charge is 0.185 e. The number of hydrogen-bond donors (Lipinski definition) is 2. The van der Waals surface area contributed by atoms with E-state index in [2.05, 4.69) is 28.7 Å². The first kappa shape index (κ1) is 16.5. The van der Waals surface area contributed by atoms with Gasteiger partial charge < -0.3 is 16.0 Å². The number of nitrogens with two attached hydrogens (primary N) is 1. The van der Waals surface area contributed by atoms with Gasteiger partial charge in [0.15, 0.2) is 15.7 Å². The van der Waals surface area contributed by atoms with E-state index >= 15 is 0 Å². The molecule has 0 unspecified atom stereocenters. The normalized spacial score (nSPS) is 17.7. The third-order valence-electron chi connectivity index (χ3n) is 4.27. The first-order valence-corrected chi connectivity index (χ1v) is 9.64. The molecule has 0 saturated heterocycles. The molecule has 0 aliphatic heterocycles. The van der Waals surface area contributed by atoms with Gasteiger partial charge in [-0.3, -0.25) is 0 Å². The molecule has 6 nitrogen and oxygen atoms in total. The molecule has 8 heteroatoms. The van der Waals surface area contributed by atoms with Crippen LogP contribution in [0.1, 0.15) is 32.6 Å². The molecule has 0 bridgehead atoms. The lowest BCUT2D eigenvalue weighted by Gasteiger charge is -2.47. The summed E-state index contributed by atoms with van der Waals surface area (Å²) >= 11 is 1.13. The Morgan fingerprint density at radius 1 is 1.43 bits per heavy atom. The molecule has 0 aromatic carbocycles. The van der Waals surface area contributed by atoms with Crippen molar-refractivity contribution in [2.75, 3.05) is 37.4 Å². The number of nitrogens with zero attached hydrogens (tertiary/aromatic N) is 2. The van der Waals surface area contributed by atoms with Crippen LogP contribution in [0, 0.1) is 0 Å². The van der Waals surface area contributed by atoms with Crippen LogP contribution in [0.2, 0.25) is 0 Å². The maximum atomic E-state index is 12.3. The van der Waals surface area contributed by atoms with Gasteiger partial charge in [0.05, 0.1) is 5.75 Å². The van der Waals surface area contributed by atoms with E-state index in [0.717, 1.165) is 30.9 Å². The van der Waals surface area contributed by atoms with Crippen molar-refractivity contribution >= 4 is 32.2 Å². The van der Waals surface area contributed by atoms with Crippen molar-refractivity contribution in [2.24, 2.45) is 0 Å². The second-order valence-corrected chi connectivity index (χ2v) is 8.69. The van der Waals surface area contributed by atoms with E-state index in [1.54, 1.807) is 0 Å². The number of rotatable bonds is 7. The fourth-order valence-electron chi connectivity index (χ4n) is 2.69. The van der Waals surface area contributed by atoms with E-state index in [4.69, 9.17) is 5.73 Å². The predicted molar refractivity (Wildman–Crippen MR) is 87.6 cm³/mol. The molecule has 0 atom stereocenters. The number of likely N-dealkylation sites (N-methyl/N-ethyl adjacent to an activating group) is 1. The van der Waals surface area contributed by atoms with Gasteiger partial charge in [-0.15, -0.1) is 0 Å². The minimum atomic E-state index is -3.36. The highest BCUT2D eigenvalue weighted by Crippen LogP contribution is 2.38. The Kier molecular flexibility index (Phi) is 4.79. The molecule has 21 heavy (non-hydrogen) atoms. The van der Waals surface area contributed by atoms with Gasteiger partial charge in [-0.25, -0.2) is 8.42 Å². The predicted octanol–water partition coefficient (Wildman–Crippen LogP) is 1.81. The van der Waals surface area contributed by atoms with Crippen LogP contribution < -0.4 is 11.1 Å². The molecule has 0 amide bonds. The Hall–Kier alpha value is -0.860. The summed E-state index contributed by atoms with van der Waals surface area (Å²) in [7, 11) is 0.774. The summed E-state index contributed by atoms with van der Waals surface area (Å²) in [5.41, 5.74) is 5.89. The van der Waals surface area contributed by atoms with E-state index in [-0.39, 0.29) is 22.0 Å². The molecule has 1 heterocycles. The largest absolute Gasteiger partial charge is 0.382 e. The molecule has 1 aliphatic rings. The summed E-state index contributed by atoms with van der Waals surface area (Å²) in [5, 5.41) is 3.86. The molecule has 0 radical (unpaired) electrons. The lowest BCUT2D eigenvalue weighted by atomic mass is 9.75. The van der Waals surface area contributed by atoms with E-state index in [1.165, 1.54) is 6.42 Å². The average molecular weight is 332 g/mol. The molecular weight excluding hydrogens is 308 g/mol.